The van der Waals surface area contributed by atoms with Gasteiger partial charge in [0.25, 0.3) is 0 Å². The zero-order valence-corrected chi connectivity index (χ0v) is 23.9. The van der Waals surface area contributed by atoms with Gasteiger partial charge >= 0.3 is 0 Å². The van der Waals surface area contributed by atoms with Gasteiger partial charge in [-0.25, -0.2) is 9.97 Å². The highest BCUT2D eigenvalue weighted by Gasteiger charge is 2.24. The van der Waals surface area contributed by atoms with Crippen LogP contribution in [-0.4, -0.2) is 76.9 Å². The number of piperazine rings is 1. The van der Waals surface area contributed by atoms with Gasteiger partial charge in [0.05, 0.1) is 6.54 Å². The van der Waals surface area contributed by atoms with E-state index in [2.05, 4.69) is 79.1 Å². The van der Waals surface area contributed by atoms with E-state index in [0.29, 0.717) is 37.6 Å². The number of fused-ring (bicyclic) bond motifs is 9. The first kappa shape index (κ1) is 28.5. The van der Waals surface area contributed by atoms with Crippen LogP contribution in [0.2, 0.25) is 0 Å². The molecule has 3 aliphatic heterocycles. The molecule has 0 saturated carbocycles. The van der Waals surface area contributed by atoms with E-state index in [4.69, 9.17) is 0 Å². The lowest BCUT2D eigenvalue weighted by molar-refractivity contribution is -0.130. The van der Waals surface area contributed by atoms with Crippen LogP contribution in [0.3, 0.4) is 0 Å². The van der Waals surface area contributed by atoms with Gasteiger partial charge in [0.1, 0.15) is 24.0 Å². The van der Waals surface area contributed by atoms with Crippen molar-refractivity contribution in [3.63, 3.8) is 0 Å². The Morgan fingerprint density at radius 2 is 1.44 bits per heavy atom. The Morgan fingerprint density at radius 1 is 0.829 bits per heavy atom. The van der Waals surface area contributed by atoms with E-state index in [9.17, 15) is 9.59 Å². The van der Waals surface area contributed by atoms with E-state index >= 15 is 0 Å². The predicted octanol–water partition coefficient (Wildman–Crippen LogP) is 3.28. The Bertz CT molecular complexity index is 1340. The van der Waals surface area contributed by atoms with E-state index in [1.54, 1.807) is 6.33 Å². The lowest BCUT2D eigenvalue weighted by Gasteiger charge is -2.34. The monoisotopic (exact) mass is 556 g/mol. The lowest BCUT2D eigenvalue weighted by atomic mass is 10.0. The molecule has 1 fully saturated rings. The molecule has 216 valence electrons. The SMILES string of the molecule is CC(C)CC1NC(=O)CN2CCN(CC2)Cc2cccc(c2)Nc2cc(ncn2)Nc2cccc(c2)CCNC1=O. The minimum atomic E-state index is -0.546. The van der Waals surface area contributed by atoms with Gasteiger partial charge in [0, 0.05) is 56.7 Å². The molecule has 6 rings (SSSR count). The van der Waals surface area contributed by atoms with Gasteiger partial charge in [-0.05, 0) is 54.2 Å². The van der Waals surface area contributed by atoms with Gasteiger partial charge < -0.3 is 21.3 Å². The molecule has 1 atom stereocenters. The molecular weight excluding hydrogens is 516 g/mol. The molecule has 3 aromatic rings. The number of carbonyl (C=O) groups is 2. The Kier molecular flexibility index (Phi) is 9.43. The summed E-state index contributed by atoms with van der Waals surface area (Å²) in [6.45, 7) is 9.11. The van der Waals surface area contributed by atoms with E-state index in [-0.39, 0.29) is 17.7 Å². The molecule has 10 nitrogen and oxygen atoms in total. The molecule has 4 N–H and O–H groups in total. The minimum absolute atomic E-state index is 0.100. The molecule has 1 aromatic heterocycles. The fourth-order valence-electron chi connectivity index (χ4n) is 5.30. The first-order valence-electron chi connectivity index (χ1n) is 14.5. The molecule has 2 amide bonds. The molecule has 10 heteroatoms. The van der Waals surface area contributed by atoms with Crippen molar-refractivity contribution in [3.8, 4) is 0 Å². The van der Waals surface area contributed by atoms with Crippen LogP contribution >= 0.6 is 0 Å². The van der Waals surface area contributed by atoms with Gasteiger partial charge in [-0.15, -0.1) is 0 Å². The van der Waals surface area contributed by atoms with E-state index in [1.165, 1.54) is 5.56 Å². The third kappa shape index (κ3) is 8.48. The van der Waals surface area contributed by atoms with Crippen molar-refractivity contribution in [2.75, 3.05) is 49.9 Å². The second-order valence-electron chi connectivity index (χ2n) is 11.3. The summed E-state index contributed by atoms with van der Waals surface area (Å²) < 4.78 is 0. The second-order valence-corrected chi connectivity index (χ2v) is 11.3. The van der Waals surface area contributed by atoms with Crippen LogP contribution in [0.4, 0.5) is 23.0 Å². The summed E-state index contributed by atoms with van der Waals surface area (Å²) in [6.07, 6.45) is 2.81. The molecular formula is C31H40N8O2. The molecule has 3 aliphatic rings. The lowest BCUT2D eigenvalue weighted by Crippen LogP contribution is -2.53. The number of hydrogen-bond acceptors (Lipinski definition) is 8. The number of benzene rings is 2. The number of nitrogens with one attached hydrogen (secondary N) is 4. The standard InChI is InChI=1S/C31H40N8O2/c1-22(2)15-27-31(41)32-10-9-23-5-3-7-25(16-23)35-28-18-29(34-21-33-28)36-26-8-4-6-24(17-26)19-38-11-13-39(14-12-38)20-30(40)37-27/h3-8,16-18,21-22,27H,9-15,19-20H2,1-2H3,(H,32,41)(H,37,40)(H2,33,34,35,36). The molecule has 1 unspecified atom stereocenters. The Balaban J connectivity index is 1.35. The summed E-state index contributed by atoms with van der Waals surface area (Å²) in [5.74, 6) is 1.43. The average Bonchev–Trinajstić information content (AvgIpc) is 2.94. The normalized spacial score (nSPS) is 22.1. The Hall–Kier alpha value is -4.02. The van der Waals surface area contributed by atoms with Crippen LogP contribution in [0.5, 0.6) is 0 Å². The van der Waals surface area contributed by atoms with E-state index in [0.717, 1.165) is 49.7 Å². The van der Waals surface area contributed by atoms with Crippen molar-refractivity contribution >= 4 is 34.8 Å². The summed E-state index contributed by atoms with van der Waals surface area (Å²) in [7, 11) is 0. The fourth-order valence-corrected chi connectivity index (χ4v) is 5.30. The van der Waals surface area contributed by atoms with Crippen LogP contribution in [0, 0.1) is 5.92 Å². The number of anilines is 4. The second kappa shape index (κ2) is 13.6. The number of nitrogens with zero attached hydrogens (tertiary/aromatic N) is 4. The van der Waals surface area contributed by atoms with Crippen LogP contribution in [0.1, 0.15) is 31.4 Å². The van der Waals surface area contributed by atoms with Gasteiger partial charge in [0.15, 0.2) is 0 Å². The molecule has 0 spiro atoms. The van der Waals surface area contributed by atoms with E-state index < -0.39 is 6.04 Å². The zero-order chi connectivity index (χ0) is 28.6. The Morgan fingerprint density at radius 3 is 2.10 bits per heavy atom. The minimum Gasteiger partial charge on any atom is -0.354 e. The number of aromatic nitrogens is 2. The van der Waals surface area contributed by atoms with Crippen LogP contribution in [0.25, 0.3) is 0 Å². The highest BCUT2D eigenvalue weighted by molar-refractivity contribution is 5.88. The highest BCUT2D eigenvalue weighted by Crippen LogP contribution is 2.22. The van der Waals surface area contributed by atoms with E-state index in [1.807, 2.05) is 30.3 Å². The zero-order valence-electron chi connectivity index (χ0n) is 23.9. The maximum atomic E-state index is 13.1. The van der Waals surface area contributed by atoms with Crippen LogP contribution in [0.15, 0.2) is 60.9 Å². The maximum absolute atomic E-state index is 13.1. The molecule has 0 aliphatic carbocycles. The summed E-state index contributed by atoms with van der Waals surface area (Å²) >= 11 is 0. The summed E-state index contributed by atoms with van der Waals surface area (Å²) in [5, 5.41) is 12.8. The molecule has 8 bridgehead atoms. The van der Waals surface area contributed by atoms with Crippen LogP contribution < -0.4 is 21.3 Å². The fraction of sp³-hybridized carbons (Fsp3) is 0.419. The van der Waals surface area contributed by atoms with Crippen molar-refractivity contribution in [1.29, 1.82) is 0 Å². The largest absolute Gasteiger partial charge is 0.354 e. The Labute approximate surface area is 241 Å². The highest BCUT2D eigenvalue weighted by atomic mass is 16.2. The van der Waals surface area contributed by atoms with Crippen LogP contribution in [-0.2, 0) is 22.6 Å². The number of rotatable bonds is 2. The summed E-state index contributed by atoms with van der Waals surface area (Å²) in [5.41, 5.74) is 4.16. The van der Waals surface area contributed by atoms with Gasteiger partial charge in [-0.1, -0.05) is 38.1 Å². The first-order chi connectivity index (χ1) is 19.9. The first-order valence-corrected chi connectivity index (χ1v) is 14.5. The van der Waals surface area contributed by atoms with Gasteiger partial charge in [-0.3, -0.25) is 19.4 Å². The van der Waals surface area contributed by atoms with Crippen molar-refractivity contribution in [2.45, 2.75) is 39.3 Å². The topological polar surface area (TPSA) is 115 Å². The third-order valence-electron chi connectivity index (χ3n) is 7.38. The van der Waals surface area contributed by atoms with Crippen molar-refractivity contribution in [1.82, 2.24) is 30.4 Å². The number of carbonyl (C=O) groups excluding carboxylic acids is 2. The summed E-state index contributed by atoms with van der Waals surface area (Å²) in [6, 6.07) is 17.8. The average molecular weight is 557 g/mol. The molecule has 41 heavy (non-hydrogen) atoms. The molecule has 1 saturated heterocycles. The van der Waals surface area contributed by atoms with Crippen molar-refractivity contribution < 1.29 is 9.59 Å². The third-order valence-corrected chi connectivity index (χ3v) is 7.38. The molecule has 0 radical (unpaired) electrons. The molecule has 4 heterocycles. The smallest absolute Gasteiger partial charge is 0.242 e. The number of amides is 2. The van der Waals surface area contributed by atoms with Gasteiger partial charge in [-0.2, -0.15) is 0 Å². The predicted molar refractivity (Wildman–Crippen MR) is 161 cm³/mol. The quantitative estimate of drug-likeness (QED) is 0.380. The van der Waals surface area contributed by atoms with Gasteiger partial charge in [0.2, 0.25) is 11.8 Å². The van der Waals surface area contributed by atoms with Crippen molar-refractivity contribution in [2.24, 2.45) is 5.92 Å². The molecule has 2 aromatic carbocycles. The summed E-state index contributed by atoms with van der Waals surface area (Å²) in [4.78, 5) is 39.4. The number of hydrogen-bond donors (Lipinski definition) is 4. The van der Waals surface area contributed by atoms with Crippen molar-refractivity contribution in [3.05, 3.63) is 72.1 Å². The maximum Gasteiger partial charge on any atom is 0.242 e.